The Labute approximate surface area is 150 Å². The van der Waals surface area contributed by atoms with Gasteiger partial charge in [-0.3, -0.25) is 10.1 Å². The molecule has 130 valence electrons. The van der Waals surface area contributed by atoms with Crippen molar-refractivity contribution in [2.45, 2.75) is 37.8 Å². The van der Waals surface area contributed by atoms with Gasteiger partial charge in [0.25, 0.3) is 11.8 Å². The number of nitrogens with one attached hydrogen (secondary N) is 1. The maximum Gasteiger partial charge on any atom is 0.322 e. The predicted octanol–water partition coefficient (Wildman–Crippen LogP) is 4.70. The summed E-state index contributed by atoms with van der Waals surface area (Å²) in [5.74, 6) is 1.48. The molecule has 0 aliphatic rings. The summed E-state index contributed by atoms with van der Waals surface area (Å²) in [4.78, 5) is 13.4. The lowest BCUT2D eigenvalue weighted by atomic mass is 10.2. The second-order valence-corrected chi connectivity index (χ2v) is 7.54. The van der Waals surface area contributed by atoms with Crippen LogP contribution in [0.4, 0.5) is 6.01 Å². The largest absolute Gasteiger partial charge is 0.466 e. The first-order chi connectivity index (χ1) is 11.9. The Kier molecular flexibility index (Phi) is 4.94. The molecule has 0 saturated heterocycles. The molecule has 0 unspecified atom stereocenters. The minimum atomic E-state index is -0.290. The van der Waals surface area contributed by atoms with E-state index in [1.807, 2.05) is 38.1 Å². The maximum atomic E-state index is 12.4. The van der Waals surface area contributed by atoms with Crippen LogP contribution in [-0.4, -0.2) is 21.4 Å². The molecule has 25 heavy (non-hydrogen) atoms. The van der Waals surface area contributed by atoms with Gasteiger partial charge in [-0.05, 0) is 38.1 Å². The van der Waals surface area contributed by atoms with Crippen LogP contribution in [-0.2, 0) is 0 Å². The third-order valence-electron chi connectivity index (χ3n) is 3.38. The van der Waals surface area contributed by atoms with Crippen LogP contribution in [0, 0.1) is 13.8 Å². The number of hydrogen-bond acceptors (Lipinski definition) is 6. The first kappa shape index (κ1) is 17.3. The van der Waals surface area contributed by atoms with Gasteiger partial charge in [-0.25, -0.2) is 0 Å². The topological polar surface area (TPSA) is 81.2 Å². The van der Waals surface area contributed by atoms with Crippen molar-refractivity contribution < 1.29 is 13.6 Å². The zero-order chi connectivity index (χ0) is 18.0. The van der Waals surface area contributed by atoms with Crippen molar-refractivity contribution in [3.05, 3.63) is 47.4 Å². The summed E-state index contributed by atoms with van der Waals surface area (Å²) >= 11 is 1.70. The molecule has 0 atom stereocenters. The summed E-state index contributed by atoms with van der Waals surface area (Å²) in [7, 11) is 0. The third-order valence-corrected chi connectivity index (χ3v) is 4.38. The van der Waals surface area contributed by atoms with Gasteiger partial charge < -0.3 is 8.83 Å². The number of rotatable bonds is 5. The number of benzene rings is 1. The van der Waals surface area contributed by atoms with E-state index in [0.29, 0.717) is 22.5 Å². The van der Waals surface area contributed by atoms with E-state index < -0.39 is 0 Å². The van der Waals surface area contributed by atoms with Crippen molar-refractivity contribution in [2.75, 3.05) is 5.32 Å². The summed E-state index contributed by atoms with van der Waals surface area (Å²) < 4.78 is 11.0. The quantitative estimate of drug-likeness (QED) is 0.667. The van der Waals surface area contributed by atoms with Crippen LogP contribution >= 0.6 is 11.8 Å². The Morgan fingerprint density at radius 3 is 2.64 bits per heavy atom. The van der Waals surface area contributed by atoms with Crippen LogP contribution in [0.1, 0.15) is 35.7 Å². The fourth-order valence-corrected chi connectivity index (χ4v) is 3.27. The van der Waals surface area contributed by atoms with E-state index in [0.717, 1.165) is 16.2 Å². The zero-order valence-electron chi connectivity index (χ0n) is 14.5. The van der Waals surface area contributed by atoms with E-state index in [1.165, 1.54) is 0 Å². The standard InChI is InChI=1S/C18H19N3O3S/c1-10(2)25-14-7-5-6-13(9-14)16(22)19-18-21-20-17(24-18)15-8-11(3)23-12(15)4/h5-10H,1-4H3,(H,19,21,22). The summed E-state index contributed by atoms with van der Waals surface area (Å²) in [5, 5.41) is 10.9. The SMILES string of the molecule is Cc1cc(-c2nnc(NC(=O)c3cccc(SC(C)C)c3)o2)c(C)o1. The molecule has 0 fully saturated rings. The summed E-state index contributed by atoms with van der Waals surface area (Å²) in [6.45, 7) is 7.88. The normalized spacial score (nSPS) is 11.1. The lowest BCUT2D eigenvalue weighted by molar-refractivity contribution is 0.102. The van der Waals surface area contributed by atoms with Gasteiger partial charge in [-0.15, -0.1) is 16.9 Å². The number of aromatic nitrogens is 2. The van der Waals surface area contributed by atoms with Crippen LogP contribution in [0.15, 0.2) is 44.1 Å². The van der Waals surface area contributed by atoms with E-state index in [9.17, 15) is 4.79 Å². The minimum Gasteiger partial charge on any atom is -0.466 e. The number of carbonyl (C=O) groups excluding carboxylic acids is 1. The lowest BCUT2D eigenvalue weighted by Crippen LogP contribution is -2.12. The Morgan fingerprint density at radius 1 is 1.16 bits per heavy atom. The molecular formula is C18H19N3O3S. The van der Waals surface area contributed by atoms with Crippen LogP contribution in [0.2, 0.25) is 0 Å². The van der Waals surface area contributed by atoms with Gasteiger partial charge in [0, 0.05) is 15.7 Å². The number of amides is 1. The third kappa shape index (κ3) is 4.11. The minimum absolute atomic E-state index is 0.0557. The summed E-state index contributed by atoms with van der Waals surface area (Å²) in [6, 6.07) is 9.31. The van der Waals surface area contributed by atoms with Gasteiger partial charge in [0.05, 0.1) is 5.56 Å². The van der Waals surface area contributed by atoms with Gasteiger partial charge in [0.2, 0.25) is 0 Å². The molecule has 2 aromatic heterocycles. The molecule has 3 rings (SSSR count). The van der Waals surface area contributed by atoms with Gasteiger partial charge in [0.15, 0.2) is 0 Å². The second kappa shape index (κ2) is 7.14. The van der Waals surface area contributed by atoms with Crippen molar-refractivity contribution >= 4 is 23.7 Å². The monoisotopic (exact) mass is 357 g/mol. The average Bonchev–Trinajstić information content (AvgIpc) is 3.13. The second-order valence-electron chi connectivity index (χ2n) is 5.89. The Bertz CT molecular complexity index is 899. The van der Waals surface area contributed by atoms with Gasteiger partial charge in [-0.2, -0.15) is 0 Å². The van der Waals surface area contributed by atoms with Gasteiger partial charge in [-0.1, -0.05) is 25.0 Å². The fourth-order valence-electron chi connectivity index (χ4n) is 2.38. The molecular weight excluding hydrogens is 338 g/mol. The number of aryl methyl sites for hydroxylation is 2. The first-order valence-corrected chi connectivity index (χ1v) is 8.79. The van der Waals surface area contributed by atoms with E-state index in [-0.39, 0.29) is 11.9 Å². The highest BCUT2D eigenvalue weighted by atomic mass is 32.2. The average molecular weight is 357 g/mol. The number of furan rings is 1. The van der Waals surface area contributed by atoms with Crippen LogP contribution in [0.5, 0.6) is 0 Å². The molecule has 2 heterocycles. The molecule has 0 bridgehead atoms. The smallest absolute Gasteiger partial charge is 0.322 e. The highest BCUT2D eigenvalue weighted by molar-refractivity contribution is 7.99. The molecule has 0 spiro atoms. The maximum absolute atomic E-state index is 12.4. The Morgan fingerprint density at radius 2 is 1.96 bits per heavy atom. The molecule has 0 saturated carbocycles. The molecule has 0 aliphatic carbocycles. The number of hydrogen-bond donors (Lipinski definition) is 1. The fraction of sp³-hybridized carbons (Fsp3) is 0.278. The number of carbonyl (C=O) groups is 1. The first-order valence-electron chi connectivity index (χ1n) is 7.91. The van der Waals surface area contributed by atoms with Crippen LogP contribution in [0.3, 0.4) is 0 Å². The number of thioether (sulfide) groups is 1. The summed E-state index contributed by atoms with van der Waals surface area (Å²) in [6.07, 6.45) is 0. The number of anilines is 1. The molecule has 0 radical (unpaired) electrons. The summed E-state index contributed by atoms with van der Waals surface area (Å²) in [5.41, 5.74) is 1.27. The van der Waals surface area contributed by atoms with E-state index in [1.54, 1.807) is 17.8 Å². The van der Waals surface area contributed by atoms with Crippen molar-refractivity contribution in [1.29, 1.82) is 0 Å². The molecule has 1 aromatic carbocycles. The van der Waals surface area contributed by atoms with Crippen LogP contribution in [0.25, 0.3) is 11.5 Å². The highest BCUT2D eigenvalue weighted by Gasteiger charge is 2.16. The van der Waals surface area contributed by atoms with Crippen LogP contribution < -0.4 is 5.32 Å². The van der Waals surface area contributed by atoms with E-state index in [4.69, 9.17) is 8.83 Å². The molecule has 0 aliphatic heterocycles. The Hall–Kier alpha value is -2.54. The molecule has 3 aromatic rings. The van der Waals surface area contributed by atoms with Crippen molar-refractivity contribution in [3.63, 3.8) is 0 Å². The molecule has 1 amide bonds. The van der Waals surface area contributed by atoms with Gasteiger partial charge in [0.1, 0.15) is 11.5 Å². The van der Waals surface area contributed by atoms with Crippen molar-refractivity contribution in [2.24, 2.45) is 0 Å². The molecule has 1 N–H and O–H groups in total. The Balaban J connectivity index is 1.75. The number of nitrogens with zero attached hydrogens (tertiary/aromatic N) is 2. The predicted molar refractivity (Wildman–Crippen MR) is 96.9 cm³/mol. The van der Waals surface area contributed by atoms with Gasteiger partial charge >= 0.3 is 6.01 Å². The van der Waals surface area contributed by atoms with Crippen molar-refractivity contribution in [1.82, 2.24) is 10.2 Å². The highest BCUT2D eigenvalue weighted by Crippen LogP contribution is 2.27. The zero-order valence-corrected chi connectivity index (χ0v) is 15.3. The lowest BCUT2D eigenvalue weighted by Gasteiger charge is -2.06. The molecule has 7 heteroatoms. The van der Waals surface area contributed by atoms with Crippen molar-refractivity contribution in [3.8, 4) is 11.5 Å². The van der Waals surface area contributed by atoms with E-state index in [2.05, 4.69) is 29.4 Å². The molecule has 6 nitrogen and oxygen atoms in total. The van der Waals surface area contributed by atoms with E-state index >= 15 is 0 Å².